The van der Waals surface area contributed by atoms with E-state index in [1.165, 1.54) is 57.2 Å². The van der Waals surface area contributed by atoms with E-state index in [9.17, 15) is 0 Å². The Balaban J connectivity index is 1.97. The molecule has 2 nitrogen and oxygen atoms in total. The van der Waals surface area contributed by atoms with Gasteiger partial charge in [0.05, 0.1) is 5.88 Å². The second-order valence-corrected chi connectivity index (χ2v) is 4.96. The molecule has 0 spiro atoms. The number of aryl methyl sites for hydroxylation is 1. The normalized spacial score (nSPS) is 10.9. The molecule has 0 N–H and O–H groups in total. The maximum Gasteiger partial charge on any atom is 0.109 e. The molecule has 0 unspecified atom stereocenters. The van der Waals surface area contributed by atoms with Gasteiger partial charge in [0.1, 0.15) is 5.82 Å². The van der Waals surface area contributed by atoms with Crippen LogP contribution in [0.2, 0.25) is 0 Å². The molecule has 17 heavy (non-hydrogen) atoms. The summed E-state index contributed by atoms with van der Waals surface area (Å²) in [6.07, 6.45) is 15.9. The number of unbranched alkanes of at least 4 members (excludes halogenated alkanes) is 7. The molecule has 0 saturated heterocycles. The van der Waals surface area contributed by atoms with E-state index in [-0.39, 0.29) is 0 Å². The predicted molar refractivity (Wildman–Crippen MR) is 77.5 cm³/mol. The summed E-state index contributed by atoms with van der Waals surface area (Å²) in [4.78, 5) is 4.36. The molecule has 1 rings (SSSR count). The molecule has 0 radical (unpaired) electrons. The lowest BCUT2D eigenvalue weighted by Gasteiger charge is -2.04. The average Bonchev–Trinajstić information content (AvgIpc) is 2.80. The lowest BCUT2D eigenvalue weighted by molar-refractivity contribution is 0.568. The van der Waals surface area contributed by atoms with Crippen molar-refractivity contribution < 1.29 is 0 Å². The van der Waals surface area contributed by atoms with Crippen molar-refractivity contribution in [2.75, 3.05) is 0 Å². The fraction of sp³-hybridized carbons (Fsp3) is 0.786. The Kier molecular flexibility index (Phi) is 8.24. The van der Waals surface area contributed by atoms with Gasteiger partial charge in [-0.25, -0.2) is 4.98 Å². The molecule has 0 atom stereocenters. The molecule has 0 aliphatic carbocycles. The van der Waals surface area contributed by atoms with Crippen LogP contribution in [-0.2, 0) is 12.3 Å². The van der Waals surface area contributed by atoms with Crippen molar-refractivity contribution in [2.24, 2.45) is 0 Å². The molecular formula is C14H26N2S. The minimum absolute atomic E-state index is 0.742. The van der Waals surface area contributed by atoms with Crippen LogP contribution in [-0.4, -0.2) is 9.55 Å². The SMILES string of the molecule is CCCCCCCCCCc1nccn1CS. The van der Waals surface area contributed by atoms with Crippen molar-refractivity contribution in [2.45, 2.75) is 70.6 Å². The number of aromatic nitrogens is 2. The van der Waals surface area contributed by atoms with Crippen LogP contribution in [0.25, 0.3) is 0 Å². The number of thiol groups is 1. The quantitative estimate of drug-likeness (QED) is 0.482. The average molecular weight is 254 g/mol. The third kappa shape index (κ3) is 6.16. The molecule has 0 aliphatic rings. The Morgan fingerprint density at radius 2 is 1.71 bits per heavy atom. The highest BCUT2D eigenvalue weighted by Gasteiger charge is 2.00. The first-order chi connectivity index (χ1) is 8.38. The molecule has 3 heteroatoms. The molecule has 1 heterocycles. The Bertz CT molecular complexity index is 284. The number of imidazole rings is 1. The van der Waals surface area contributed by atoms with Crippen LogP contribution in [0, 0.1) is 0 Å². The van der Waals surface area contributed by atoms with E-state index in [2.05, 4.69) is 29.1 Å². The van der Waals surface area contributed by atoms with E-state index < -0.39 is 0 Å². The Morgan fingerprint density at radius 1 is 1.06 bits per heavy atom. The van der Waals surface area contributed by atoms with Gasteiger partial charge in [0.15, 0.2) is 0 Å². The molecule has 98 valence electrons. The van der Waals surface area contributed by atoms with Crippen LogP contribution < -0.4 is 0 Å². The summed E-state index contributed by atoms with van der Waals surface area (Å²) in [6, 6.07) is 0. The van der Waals surface area contributed by atoms with Gasteiger partial charge in [-0.3, -0.25) is 0 Å². The highest BCUT2D eigenvalue weighted by Crippen LogP contribution is 2.10. The maximum absolute atomic E-state index is 4.36. The number of hydrogen-bond acceptors (Lipinski definition) is 2. The smallest absolute Gasteiger partial charge is 0.109 e. The minimum atomic E-state index is 0.742. The third-order valence-corrected chi connectivity index (χ3v) is 3.51. The zero-order valence-corrected chi connectivity index (χ0v) is 12.0. The standard InChI is InChI=1S/C14H26N2S/c1-2-3-4-5-6-7-8-9-10-14-15-11-12-16(14)13-17/h11-12,17H,2-10,13H2,1H3. The van der Waals surface area contributed by atoms with Gasteiger partial charge in [0.2, 0.25) is 0 Å². The van der Waals surface area contributed by atoms with Gasteiger partial charge < -0.3 is 4.57 Å². The topological polar surface area (TPSA) is 17.8 Å². The summed E-state index contributed by atoms with van der Waals surface area (Å²) in [5.41, 5.74) is 0. The van der Waals surface area contributed by atoms with Gasteiger partial charge in [0.25, 0.3) is 0 Å². The Morgan fingerprint density at radius 3 is 2.35 bits per heavy atom. The van der Waals surface area contributed by atoms with E-state index in [1.54, 1.807) is 0 Å². The first kappa shape index (κ1) is 14.6. The number of rotatable bonds is 10. The predicted octanol–water partition coefficient (Wildman–Crippen LogP) is 4.45. The van der Waals surface area contributed by atoms with Crippen LogP contribution in [0.15, 0.2) is 12.4 Å². The summed E-state index contributed by atoms with van der Waals surface area (Å²) in [6.45, 7) is 2.27. The third-order valence-electron chi connectivity index (χ3n) is 3.21. The summed E-state index contributed by atoms with van der Waals surface area (Å²) < 4.78 is 2.12. The van der Waals surface area contributed by atoms with Gasteiger partial charge in [-0.15, -0.1) is 0 Å². The van der Waals surface area contributed by atoms with Crippen molar-refractivity contribution in [3.8, 4) is 0 Å². The first-order valence-electron chi connectivity index (χ1n) is 6.99. The number of hydrogen-bond donors (Lipinski definition) is 1. The van der Waals surface area contributed by atoms with Crippen molar-refractivity contribution >= 4 is 12.6 Å². The second-order valence-electron chi connectivity index (χ2n) is 4.68. The van der Waals surface area contributed by atoms with Crippen molar-refractivity contribution in [3.05, 3.63) is 18.2 Å². The molecule has 1 aromatic rings. The summed E-state index contributed by atoms with van der Waals surface area (Å²) in [5, 5.41) is 0. The van der Waals surface area contributed by atoms with Gasteiger partial charge in [0, 0.05) is 18.8 Å². The van der Waals surface area contributed by atoms with Crippen LogP contribution in [0.3, 0.4) is 0 Å². The van der Waals surface area contributed by atoms with Gasteiger partial charge in [-0.05, 0) is 6.42 Å². The zero-order valence-electron chi connectivity index (χ0n) is 11.1. The largest absolute Gasteiger partial charge is 0.325 e. The Hall–Kier alpha value is -0.440. The highest BCUT2D eigenvalue weighted by atomic mass is 32.1. The molecule has 0 aliphatic heterocycles. The zero-order chi connectivity index (χ0) is 12.3. The van der Waals surface area contributed by atoms with Crippen LogP contribution in [0.1, 0.15) is 64.1 Å². The van der Waals surface area contributed by atoms with Gasteiger partial charge in [-0.1, -0.05) is 51.9 Å². The van der Waals surface area contributed by atoms with Crippen molar-refractivity contribution in [1.29, 1.82) is 0 Å². The van der Waals surface area contributed by atoms with Gasteiger partial charge >= 0.3 is 0 Å². The summed E-state index contributed by atoms with van der Waals surface area (Å²) in [7, 11) is 0. The highest BCUT2D eigenvalue weighted by molar-refractivity contribution is 7.79. The van der Waals surface area contributed by atoms with E-state index in [0.29, 0.717) is 0 Å². The first-order valence-corrected chi connectivity index (χ1v) is 7.62. The van der Waals surface area contributed by atoms with E-state index in [4.69, 9.17) is 0 Å². The summed E-state index contributed by atoms with van der Waals surface area (Å²) in [5.74, 6) is 1.93. The number of nitrogens with zero attached hydrogens (tertiary/aromatic N) is 2. The molecular weight excluding hydrogens is 228 g/mol. The van der Waals surface area contributed by atoms with Gasteiger partial charge in [-0.2, -0.15) is 12.6 Å². The lowest BCUT2D eigenvalue weighted by atomic mass is 10.1. The second kappa shape index (κ2) is 9.58. The molecule has 0 aromatic carbocycles. The summed E-state index contributed by atoms with van der Waals surface area (Å²) >= 11 is 4.28. The fourth-order valence-electron chi connectivity index (χ4n) is 2.11. The lowest BCUT2D eigenvalue weighted by Crippen LogP contribution is -1.99. The van der Waals surface area contributed by atoms with Crippen molar-refractivity contribution in [3.63, 3.8) is 0 Å². The monoisotopic (exact) mass is 254 g/mol. The molecule has 1 aromatic heterocycles. The maximum atomic E-state index is 4.36. The van der Waals surface area contributed by atoms with E-state index >= 15 is 0 Å². The molecule has 0 amide bonds. The molecule has 0 bridgehead atoms. The van der Waals surface area contributed by atoms with E-state index in [0.717, 1.165) is 12.3 Å². The molecule has 0 fully saturated rings. The van der Waals surface area contributed by atoms with Crippen molar-refractivity contribution in [1.82, 2.24) is 9.55 Å². The fourth-order valence-corrected chi connectivity index (χ4v) is 2.37. The van der Waals surface area contributed by atoms with E-state index in [1.807, 2.05) is 12.4 Å². The van der Waals surface area contributed by atoms with Crippen LogP contribution in [0.5, 0.6) is 0 Å². The Labute approximate surface area is 111 Å². The van der Waals surface area contributed by atoms with Crippen LogP contribution >= 0.6 is 12.6 Å². The minimum Gasteiger partial charge on any atom is -0.325 e. The van der Waals surface area contributed by atoms with Crippen LogP contribution in [0.4, 0.5) is 0 Å². The molecule has 0 saturated carbocycles.